The largest absolute Gasteiger partial charge is 0.232 e. The van der Waals surface area contributed by atoms with Gasteiger partial charge in [0.1, 0.15) is 0 Å². The molecule has 0 aromatic rings. The third kappa shape index (κ3) is 5.15. The highest BCUT2D eigenvalue weighted by atomic mass is 32.2. The summed E-state index contributed by atoms with van der Waals surface area (Å²) in [6.45, 7) is 0.843. The van der Waals surface area contributed by atoms with E-state index in [9.17, 15) is 0 Å². The molecule has 0 saturated carbocycles. The lowest BCUT2D eigenvalue weighted by Gasteiger charge is -2.23. The van der Waals surface area contributed by atoms with Gasteiger partial charge in [-0.3, -0.25) is 0 Å². The Balaban J connectivity index is 0.000001000. The molecule has 0 bridgehead atoms. The second-order valence-corrected chi connectivity index (χ2v) is 4.67. The molecule has 1 nitrogen and oxygen atoms in total. The van der Waals surface area contributed by atoms with Gasteiger partial charge in [0.15, 0.2) is 0 Å². The summed E-state index contributed by atoms with van der Waals surface area (Å²) < 4.78 is 0. The van der Waals surface area contributed by atoms with E-state index in [2.05, 4.69) is 22.4 Å². The molecule has 1 saturated heterocycles. The van der Waals surface area contributed by atoms with Crippen LogP contribution in [0, 0.1) is 0 Å². The average molecular weight is 225 g/mol. The first-order chi connectivity index (χ1) is 4.93. The number of rotatable bonds is 4. The van der Waals surface area contributed by atoms with Crippen molar-refractivity contribution >= 4 is 54.4 Å². The fraction of sp³-hybridized carbons (Fsp3) is 0.833. The maximum atomic E-state index is 4.44. The highest BCUT2D eigenvalue weighted by Gasteiger charge is 2.17. The minimum absolute atomic E-state index is 0. The van der Waals surface area contributed by atoms with Crippen LogP contribution in [-0.2, 0) is 0 Å². The highest BCUT2D eigenvalue weighted by Crippen LogP contribution is 2.28. The number of nitrogens with zero attached hydrogens (tertiary/aromatic N) is 1. The lowest BCUT2D eigenvalue weighted by molar-refractivity contribution is 1.07. The first kappa shape index (κ1) is 11.8. The van der Waals surface area contributed by atoms with Crippen molar-refractivity contribution in [2.45, 2.75) is 5.25 Å². The van der Waals surface area contributed by atoms with Gasteiger partial charge in [-0.1, -0.05) is 0 Å². The Kier molecular flexibility index (Phi) is 8.08. The Labute approximate surface area is 88.3 Å². The van der Waals surface area contributed by atoms with E-state index < -0.39 is 0 Å². The summed E-state index contributed by atoms with van der Waals surface area (Å²) >= 11 is 8.47. The first-order valence-electron chi connectivity index (χ1n) is 3.16. The van der Waals surface area contributed by atoms with Crippen molar-refractivity contribution in [1.82, 2.24) is 0 Å². The summed E-state index contributed by atoms with van der Waals surface area (Å²) in [4.78, 5) is 3.84. The molecule has 1 fully saturated rings. The lowest BCUT2D eigenvalue weighted by Crippen LogP contribution is -2.21. The van der Waals surface area contributed by atoms with E-state index in [1.54, 1.807) is 0 Å². The van der Waals surface area contributed by atoms with Crippen LogP contribution in [0.5, 0.6) is 0 Å². The quantitative estimate of drug-likeness (QED) is 0.413. The third-order valence-electron chi connectivity index (χ3n) is 1.23. The zero-order valence-corrected chi connectivity index (χ0v) is 9.53. The molecule has 1 aliphatic rings. The van der Waals surface area contributed by atoms with Crippen LogP contribution in [0.25, 0.3) is 0 Å². The second kappa shape index (κ2) is 7.50. The molecule has 0 aromatic heterocycles. The summed E-state index contributed by atoms with van der Waals surface area (Å²) in [5, 5.41) is 3.26. The molecule has 64 valence electrons. The van der Waals surface area contributed by atoms with E-state index in [4.69, 9.17) is 0 Å². The van der Waals surface area contributed by atoms with E-state index in [1.165, 1.54) is 11.5 Å². The van der Waals surface area contributed by atoms with Gasteiger partial charge >= 0.3 is 0 Å². The third-order valence-corrected chi connectivity index (χ3v) is 4.28. The summed E-state index contributed by atoms with van der Waals surface area (Å²) in [5.74, 6) is 3.76. The van der Waals surface area contributed by atoms with Gasteiger partial charge in [-0.05, 0) is 12.2 Å². The van der Waals surface area contributed by atoms with Gasteiger partial charge in [0.05, 0.1) is 11.7 Å². The number of aliphatic imine (C=N–C) groups is 1. The smallest absolute Gasteiger partial charge is 0.0585 e. The van der Waals surface area contributed by atoms with Gasteiger partial charge in [-0.2, -0.15) is 37.0 Å². The van der Waals surface area contributed by atoms with E-state index in [0.29, 0.717) is 0 Å². The maximum Gasteiger partial charge on any atom is 0.0585 e. The molecule has 0 atom stereocenters. The fourth-order valence-electron chi connectivity index (χ4n) is 0.621. The van der Waals surface area contributed by atoms with Crippen molar-refractivity contribution in [1.29, 1.82) is 0 Å². The molecular formula is C6H11NS4. The molecular weight excluding hydrogens is 214 g/mol. The standard InChI is InChI=1S/C6H9NS3.H2S/c8-5-7-1-2-10-6-3-9-4-6;/h6H,1-4H2;1H2. The monoisotopic (exact) mass is 225 g/mol. The van der Waals surface area contributed by atoms with Crippen molar-refractivity contribution in [2.75, 3.05) is 23.8 Å². The molecule has 1 heterocycles. The normalized spacial score (nSPS) is 16.0. The summed E-state index contributed by atoms with van der Waals surface area (Å²) in [7, 11) is 0. The van der Waals surface area contributed by atoms with Crippen molar-refractivity contribution in [2.24, 2.45) is 4.99 Å². The predicted octanol–water partition coefficient (Wildman–Crippen LogP) is 2.05. The number of hydrogen-bond donors (Lipinski definition) is 0. The Morgan fingerprint density at radius 2 is 2.36 bits per heavy atom. The van der Waals surface area contributed by atoms with Crippen LogP contribution < -0.4 is 0 Å². The van der Waals surface area contributed by atoms with Gasteiger partial charge in [-0.25, -0.2) is 4.99 Å². The van der Waals surface area contributed by atoms with E-state index in [0.717, 1.165) is 17.5 Å². The molecule has 0 spiro atoms. The Morgan fingerprint density at radius 1 is 1.64 bits per heavy atom. The molecule has 0 N–H and O–H groups in total. The van der Waals surface area contributed by atoms with Crippen LogP contribution in [0.15, 0.2) is 4.99 Å². The Morgan fingerprint density at radius 3 is 2.82 bits per heavy atom. The fourth-order valence-corrected chi connectivity index (χ4v) is 3.02. The van der Waals surface area contributed by atoms with Gasteiger partial charge in [0.25, 0.3) is 0 Å². The number of thioether (sulfide) groups is 2. The Bertz CT molecular complexity index is 140. The Hall–Kier alpha value is 0.850. The van der Waals surface area contributed by atoms with Crippen LogP contribution in [-0.4, -0.2) is 34.2 Å². The van der Waals surface area contributed by atoms with Crippen molar-refractivity contribution in [3.63, 3.8) is 0 Å². The molecule has 1 aliphatic heterocycles. The molecule has 0 unspecified atom stereocenters. The van der Waals surface area contributed by atoms with Crippen molar-refractivity contribution < 1.29 is 0 Å². The minimum Gasteiger partial charge on any atom is -0.232 e. The number of isothiocyanates is 1. The second-order valence-electron chi connectivity index (χ2n) is 2.00. The topological polar surface area (TPSA) is 12.4 Å². The van der Waals surface area contributed by atoms with Crippen LogP contribution in [0.2, 0.25) is 0 Å². The van der Waals surface area contributed by atoms with Crippen LogP contribution in [0.1, 0.15) is 0 Å². The lowest BCUT2D eigenvalue weighted by atomic mass is 10.5. The van der Waals surface area contributed by atoms with Crippen molar-refractivity contribution in [3.05, 3.63) is 0 Å². The summed E-state index contributed by atoms with van der Waals surface area (Å²) in [6, 6.07) is 0. The van der Waals surface area contributed by atoms with Crippen LogP contribution in [0.4, 0.5) is 0 Å². The molecule has 0 amide bonds. The van der Waals surface area contributed by atoms with E-state index >= 15 is 0 Å². The van der Waals surface area contributed by atoms with E-state index in [1.807, 2.05) is 23.5 Å². The zero-order chi connectivity index (χ0) is 7.23. The molecule has 5 heteroatoms. The molecule has 0 aromatic carbocycles. The molecule has 1 rings (SSSR count). The average Bonchev–Trinajstić information content (AvgIpc) is 1.84. The van der Waals surface area contributed by atoms with Gasteiger partial charge in [0, 0.05) is 22.5 Å². The van der Waals surface area contributed by atoms with Crippen LogP contribution in [0.3, 0.4) is 0 Å². The number of hydrogen-bond acceptors (Lipinski definition) is 4. The van der Waals surface area contributed by atoms with Gasteiger partial charge < -0.3 is 0 Å². The number of thiocarbonyl (C=S) groups is 1. The van der Waals surface area contributed by atoms with Crippen LogP contribution >= 0.6 is 49.2 Å². The minimum atomic E-state index is 0. The molecule has 11 heavy (non-hydrogen) atoms. The zero-order valence-electron chi connectivity index (χ0n) is 6.08. The summed E-state index contributed by atoms with van der Waals surface area (Å²) in [6.07, 6.45) is 0. The van der Waals surface area contributed by atoms with E-state index in [-0.39, 0.29) is 13.5 Å². The van der Waals surface area contributed by atoms with Gasteiger partial charge in [0.2, 0.25) is 0 Å². The molecule has 0 aliphatic carbocycles. The molecule has 0 radical (unpaired) electrons. The summed E-state index contributed by atoms with van der Waals surface area (Å²) in [5.41, 5.74) is 0. The van der Waals surface area contributed by atoms with Crippen molar-refractivity contribution in [3.8, 4) is 0 Å². The maximum absolute atomic E-state index is 4.44. The SMILES string of the molecule is S.S=C=NCCSC1CSC1. The first-order valence-corrected chi connectivity index (χ1v) is 5.77. The predicted molar refractivity (Wildman–Crippen MR) is 63.8 cm³/mol. The van der Waals surface area contributed by atoms with Gasteiger partial charge in [-0.15, -0.1) is 0 Å². The highest BCUT2D eigenvalue weighted by molar-refractivity contribution is 8.07.